The van der Waals surface area contributed by atoms with Crippen molar-refractivity contribution >= 4 is 50.1 Å². The van der Waals surface area contributed by atoms with E-state index in [1.54, 1.807) is 35.2 Å². The molecule has 2 amide bonds. The fourth-order valence-corrected chi connectivity index (χ4v) is 7.35. The molecule has 0 bridgehead atoms. The summed E-state index contributed by atoms with van der Waals surface area (Å²) in [5.41, 5.74) is 2.13. The first-order valence-corrected chi connectivity index (χ1v) is 17.3. The van der Waals surface area contributed by atoms with Crippen molar-refractivity contribution in [2.45, 2.75) is 55.6 Å². The number of halogens is 1. The summed E-state index contributed by atoms with van der Waals surface area (Å²) in [5.74, 6) is -0.689. The number of nitrogens with zero attached hydrogens (tertiary/aromatic N) is 2. The monoisotopic (exact) mass is 721 g/mol. The van der Waals surface area contributed by atoms with Crippen molar-refractivity contribution < 1.29 is 18.0 Å². The van der Waals surface area contributed by atoms with Crippen LogP contribution in [0.2, 0.25) is 0 Å². The zero-order valence-electron chi connectivity index (χ0n) is 24.4. The maximum atomic E-state index is 14.5. The molecule has 1 atom stereocenters. The second-order valence-corrected chi connectivity index (χ2v) is 14.1. The number of benzene rings is 4. The van der Waals surface area contributed by atoms with Crippen molar-refractivity contribution in [3.63, 3.8) is 0 Å². The summed E-state index contributed by atoms with van der Waals surface area (Å²) in [4.78, 5) is 30.1. The van der Waals surface area contributed by atoms with Gasteiger partial charge >= 0.3 is 0 Å². The number of amides is 2. The lowest BCUT2D eigenvalue weighted by Crippen LogP contribution is -2.54. The first-order valence-electron chi connectivity index (χ1n) is 14.8. The molecule has 1 N–H and O–H groups in total. The maximum absolute atomic E-state index is 14.5. The van der Waals surface area contributed by atoms with Crippen molar-refractivity contribution in [2.75, 3.05) is 10.8 Å². The molecular formula is C35H36IN3O4S. The molecule has 1 fully saturated rings. The summed E-state index contributed by atoms with van der Waals surface area (Å²) in [5, 5.41) is 3.20. The highest BCUT2D eigenvalue weighted by atomic mass is 127. The van der Waals surface area contributed by atoms with Crippen LogP contribution in [0.1, 0.15) is 36.8 Å². The molecule has 0 aliphatic heterocycles. The van der Waals surface area contributed by atoms with Crippen molar-refractivity contribution in [3.05, 3.63) is 130 Å². The third kappa shape index (κ3) is 8.06. The van der Waals surface area contributed by atoms with E-state index in [1.807, 2.05) is 72.8 Å². The van der Waals surface area contributed by atoms with E-state index in [0.29, 0.717) is 12.1 Å². The summed E-state index contributed by atoms with van der Waals surface area (Å²) < 4.78 is 30.1. The molecule has 0 radical (unpaired) electrons. The lowest BCUT2D eigenvalue weighted by Gasteiger charge is -2.34. The van der Waals surface area contributed by atoms with E-state index >= 15 is 0 Å². The summed E-state index contributed by atoms with van der Waals surface area (Å²) in [6.07, 6.45) is 4.23. The maximum Gasteiger partial charge on any atom is 0.264 e. The van der Waals surface area contributed by atoms with Crippen LogP contribution in [0.4, 0.5) is 5.69 Å². The molecule has 0 unspecified atom stereocenters. The van der Waals surface area contributed by atoms with Gasteiger partial charge in [0, 0.05) is 22.6 Å². The smallest absolute Gasteiger partial charge is 0.264 e. The average Bonchev–Trinajstić information content (AvgIpc) is 3.56. The zero-order chi connectivity index (χ0) is 30.9. The van der Waals surface area contributed by atoms with Gasteiger partial charge in [0.25, 0.3) is 10.0 Å². The molecule has 228 valence electrons. The summed E-state index contributed by atoms with van der Waals surface area (Å²) in [6, 6.07) is 33.5. The van der Waals surface area contributed by atoms with Crippen molar-refractivity contribution in [1.29, 1.82) is 0 Å². The van der Waals surface area contributed by atoms with E-state index in [1.165, 1.54) is 12.1 Å². The Hall–Kier alpha value is -3.70. The minimum atomic E-state index is -4.11. The van der Waals surface area contributed by atoms with Crippen LogP contribution in [0.15, 0.2) is 120 Å². The van der Waals surface area contributed by atoms with Gasteiger partial charge in [-0.25, -0.2) is 8.42 Å². The normalized spacial score (nSPS) is 14.1. The van der Waals surface area contributed by atoms with Crippen LogP contribution in [0.25, 0.3) is 0 Å². The van der Waals surface area contributed by atoms with Gasteiger partial charge in [-0.2, -0.15) is 0 Å². The Labute approximate surface area is 273 Å². The van der Waals surface area contributed by atoms with Gasteiger partial charge < -0.3 is 10.2 Å². The number of anilines is 1. The van der Waals surface area contributed by atoms with Crippen LogP contribution in [-0.2, 0) is 32.6 Å². The summed E-state index contributed by atoms with van der Waals surface area (Å²) in [7, 11) is -4.11. The Morgan fingerprint density at radius 3 is 1.91 bits per heavy atom. The molecule has 5 rings (SSSR count). The topological polar surface area (TPSA) is 86.8 Å². The van der Waals surface area contributed by atoms with Gasteiger partial charge in [0.2, 0.25) is 11.8 Å². The summed E-state index contributed by atoms with van der Waals surface area (Å²) in [6.45, 7) is -0.312. The fraction of sp³-hybridized carbons (Fsp3) is 0.257. The molecule has 7 nitrogen and oxygen atoms in total. The minimum Gasteiger partial charge on any atom is -0.352 e. The molecule has 44 heavy (non-hydrogen) atoms. The molecule has 1 aliphatic rings. The van der Waals surface area contributed by atoms with Crippen LogP contribution >= 0.6 is 22.6 Å². The van der Waals surface area contributed by atoms with Crippen LogP contribution in [0, 0.1) is 3.57 Å². The Morgan fingerprint density at radius 2 is 1.32 bits per heavy atom. The van der Waals surface area contributed by atoms with Crippen molar-refractivity contribution in [2.24, 2.45) is 0 Å². The van der Waals surface area contributed by atoms with Crippen molar-refractivity contribution in [3.8, 4) is 0 Å². The predicted octanol–water partition coefficient (Wildman–Crippen LogP) is 6.19. The molecular weight excluding hydrogens is 685 g/mol. The average molecular weight is 722 g/mol. The van der Waals surface area contributed by atoms with E-state index in [4.69, 9.17) is 0 Å². The first-order chi connectivity index (χ1) is 21.3. The van der Waals surface area contributed by atoms with Crippen LogP contribution in [-0.4, -0.2) is 43.8 Å². The van der Waals surface area contributed by atoms with Crippen molar-refractivity contribution in [1.82, 2.24) is 10.2 Å². The number of sulfonamides is 1. The zero-order valence-corrected chi connectivity index (χ0v) is 27.4. The molecule has 1 saturated carbocycles. The van der Waals surface area contributed by atoms with Gasteiger partial charge in [-0.15, -0.1) is 0 Å². The third-order valence-electron chi connectivity index (χ3n) is 7.89. The van der Waals surface area contributed by atoms with Gasteiger partial charge in [-0.05, 0) is 83.0 Å². The number of carbonyl (C=O) groups is 2. The van der Waals surface area contributed by atoms with Gasteiger partial charge in [-0.3, -0.25) is 13.9 Å². The van der Waals surface area contributed by atoms with E-state index < -0.39 is 28.5 Å². The molecule has 0 saturated heterocycles. The minimum absolute atomic E-state index is 0.0659. The molecule has 0 aromatic heterocycles. The second kappa shape index (κ2) is 14.9. The lowest BCUT2D eigenvalue weighted by atomic mass is 10.0. The SMILES string of the molecule is O=C(NC1CCCC1)[C@H](Cc1ccccc1)N(Cc1ccccc1)C(=O)CN(c1ccc(I)cc1)S(=O)(=O)c1ccccc1. The number of rotatable bonds is 12. The van der Waals surface area contributed by atoms with Gasteiger partial charge in [0.15, 0.2) is 0 Å². The molecule has 4 aromatic rings. The van der Waals surface area contributed by atoms with Crippen LogP contribution < -0.4 is 9.62 Å². The molecule has 4 aromatic carbocycles. The predicted molar refractivity (Wildman–Crippen MR) is 181 cm³/mol. The van der Waals surface area contributed by atoms with Crippen LogP contribution in [0.5, 0.6) is 0 Å². The molecule has 1 aliphatic carbocycles. The molecule has 0 spiro atoms. The quantitative estimate of drug-likeness (QED) is 0.177. The summed E-state index contributed by atoms with van der Waals surface area (Å²) >= 11 is 2.16. The van der Waals surface area contributed by atoms with E-state index in [0.717, 1.165) is 44.7 Å². The van der Waals surface area contributed by atoms with Crippen LogP contribution in [0.3, 0.4) is 0 Å². The number of hydrogen-bond acceptors (Lipinski definition) is 4. The standard InChI is InChI=1S/C35H36IN3O4S/c36-29-20-22-31(23-21-29)39(44(42,43)32-18-8-3-9-19-32)26-34(40)38(25-28-14-6-2-7-15-28)33(24-27-12-4-1-5-13-27)35(41)37-30-16-10-11-17-30/h1-9,12-15,18-23,30,33H,10-11,16-17,24-26H2,(H,37,41)/t33-/m0/s1. The Morgan fingerprint density at radius 1 is 0.773 bits per heavy atom. The highest BCUT2D eigenvalue weighted by molar-refractivity contribution is 14.1. The van der Waals surface area contributed by atoms with E-state index in [-0.39, 0.29) is 23.4 Å². The van der Waals surface area contributed by atoms with Gasteiger partial charge in [-0.1, -0.05) is 91.7 Å². The number of carbonyl (C=O) groups excluding carboxylic acids is 2. The second-order valence-electron chi connectivity index (χ2n) is 11.0. The largest absolute Gasteiger partial charge is 0.352 e. The van der Waals surface area contributed by atoms with Gasteiger partial charge in [0.05, 0.1) is 10.6 Å². The first kappa shape index (κ1) is 31.7. The van der Waals surface area contributed by atoms with E-state index in [9.17, 15) is 18.0 Å². The fourth-order valence-electron chi connectivity index (χ4n) is 5.56. The molecule has 0 heterocycles. The lowest BCUT2D eigenvalue weighted by molar-refractivity contribution is -0.140. The highest BCUT2D eigenvalue weighted by Crippen LogP contribution is 2.26. The Balaban J connectivity index is 1.54. The number of hydrogen-bond donors (Lipinski definition) is 1. The third-order valence-corrected chi connectivity index (χ3v) is 10.4. The molecule has 9 heteroatoms. The number of nitrogens with one attached hydrogen (secondary N) is 1. The van der Waals surface area contributed by atoms with E-state index in [2.05, 4.69) is 27.9 Å². The van der Waals surface area contributed by atoms with Gasteiger partial charge in [0.1, 0.15) is 12.6 Å². The Bertz CT molecular complexity index is 1630. The highest BCUT2D eigenvalue weighted by Gasteiger charge is 2.35. The Kier molecular flexibility index (Phi) is 10.7.